The smallest absolute Gasteiger partial charge is 0.194 e. The molecular weight excluding hydrogens is 1000 g/mol. The summed E-state index contributed by atoms with van der Waals surface area (Å²) in [5.41, 5.74) is 0. The van der Waals surface area contributed by atoms with Gasteiger partial charge in [-0.2, -0.15) is 50.4 Å². The van der Waals surface area contributed by atoms with Crippen molar-refractivity contribution < 1.29 is 50.4 Å². The molecule has 0 spiro atoms. The summed E-state index contributed by atoms with van der Waals surface area (Å²) >= 11 is 0. The van der Waals surface area contributed by atoms with Gasteiger partial charge in [-0.3, -0.25) is 0 Å². The van der Waals surface area contributed by atoms with E-state index in [1.54, 1.807) is 0 Å². The standard InChI is InChI=1S/C57H108O12S4/c1-5-9-13-17-21-25-29-33-37-41-45-49-53-70(58,59)66-57(67-71(60,61)54-50-46-42-38-34-30-26-22-18-14-10-6-2,68-72(62,63)55-51-47-43-39-35-31-27-23-19-15-11-7-3)69-73(64,65)56-52-48-44-40-36-32-28-24-20-16-12-8-4/h49-56H,5-48H2,1-4H3. The number of unbranched alkanes of at least 4 members (excludes halogenated alkanes) is 40. The minimum Gasteiger partial charge on any atom is -0.194 e. The minimum atomic E-state index is -5.13. The molecule has 0 fully saturated rings. The maximum Gasteiger partial charge on any atom is 0.472 e. The van der Waals surface area contributed by atoms with Crippen molar-refractivity contribution in [2.75, 3.05) is 0 Å². The van der Waals surface area contributed by atoms with Gasteiger partial charge in [-0.1, -0.05) is 283 Å². The van der Waals surface area contributed by atoms with Crippen molar-refractivity contribution in [1.82, 2.24) is 0 Å². The molecule has 0 heterocycles. The Labute approximate surface area is 450 Å². The monoisotopic (exact) mass is 1110 g/mol. The predicted octanol–water partition coefficient (Wildman–Crippen LogP) is 18.3. The first-order chi connectivity index (χ1) is 35.1. The molecule has 0 radical (unpaired) electrons. The summed E-state index contributed by atoms with van der Waals surface area (Å²) in [6.45, 7) is 8.75. The van der Waals surface area contributed by atoms with Gasteiger partial charge >= 0.3 is 6.16 Å². The van der Waals surface area contributed by atoms with Gasteiger partial charge in [-0.25, -0.2) is 0 Å². The van der Waals surface area contributed by atoms with E-state index in [-0.39, 0.29) is 0 Å². The molecule has 0 bridgehead atoms. The van der Waals surface area contributed by atoms with Gasteiger partial charge in [0.15, 0.2) is 0 Å². The van der Waals surface area contributed by atoms with E-state index in [2.05, 4.69) is 27.7 Å². The van der Waals surface area contributed by atoms with Crippen molar-refractivity contribution in [2.24, 2.45) is 0 Å². The minimum absolute atomic E-state index is 0.300. The third-order valence-electron chi connectivity index (χ3n) is 12.8. The quantitative estimate of drug-likeness (QED) is 0.0321. The third kappa shape index (κ3) is 48.7. The van der Waals surface area contributed by atoms with Crippen molar-refractivity contribution >= 4 is 40.5 Å². The summed E-state index contributed by atoms with van der Waals surface area (Å²) in [7, 11) is -20.5. The molecule has 0 unspecified atom stereocenters. The van der Waals surface area contributed by atoms with Crippen LogP contribution in [0.15, 0.2) is 45.9 Å². The zero-order valence-corrected chi connectivity index (χ0v) is 50.0. The second kappa shape index (κ2) is 47.8. The Morgan fingerprint density at radius 2 is 0.370 bits per heavy atom. The Kier molecular flexibility index (Phi) is 46.9. The van der Waals surface area contributed by atoms with Crippen LogP contribution < -0.4 is 0 Å². The highest BCUT2D eigenvalue weighted by Crippen LogP contribution is 2.31. The first-order valence-electron chi connectivity index (χ1n) is 29.6. The summed E-state index contributed by atoms with van der Waals surface area (Å²) in [4.78, 5) is 0. The Balaban J connectivity index is 6.34. The predicted molar refractivity (Wildman–Crippen MR) is 305 cm³/mol. The molecule has 0 aliphatic heterocycles. The number of hydrogen-bond donors (Lipinski definition) is 0. The van der Waals surface area contributed by atoms with E-state index < -0.39 is 46.6 Å². The Hall–Kier alpha value is -1.40. The van der Waals surface area contributed by atoms with Gasteiger partial charge in [-0.05, 0) is 51.4 Å². The fourth-order valence-corrected chi connectivity index (χ4v) is 12.0. The van der Waals surface area contributed by atoms with Crippen LogP contribution in [0.5, 0.6) is 0 Å². The molecule has 0 saturated carbocycles. The molecular formula is C57H108O12S4. The molecule has 0 aromatic carbocycles. The lowest BCUT2D eigenvalue weighted by Crippen LogP contribution is -2.47. The van der Waals surface area contributed by atoms with Gasteiger partial charge in [0.25, 0.3) is 40.5 Å². The maximum absolute atomic E-state index is 13.6. The second-order valence-electron chi connectivity index (χ2n) is 20.2. The molecule has 0 saturated heterocycles. The van der Waals surface area contributed by atoms with Crippen LogP contribution in [0.25, 0.3) is 0 Å². The van der Waals surface area contributed by atoms with E-state index in [9.17, 15) is 33.7 Å². The van der Waals surface area contributed by atoms with Gasteiger partial charge < -0.3 is 0 Å². The Morgan fingerprint density at radius 1 is 0.233 bits per heavy atom. The fourth-order valence-electron chi connectivity index (χ4n) is 8.51. The number of rotatable bonds is 56. The van der Waals surface area contributed by atoms with Crippen LogP contribution in [0.2, 0.25) is 0 Å². The van der Waals surface area contributed by atoms with E-state index in [4.69, 9.17) is 16.7 Å². The highest BCUT2D eigenvalue weighted by atomic mass is 32.2. The molecule has 0 rings (SSSR count). The molecule has 0 N–H and O–H groups in total. The molecule has 432 valence electrons. The highest BCUT2D eigenvalue weighted by molar-refractivity contribution is 7.91. The van der Waals surface area contributed by atoms with Crippen LogP contribution in [0.3, 0.4) is 0 Å². The molecule has 16 heteroatoms. The maximum atomic E-state index is 13.6. The molecule has 0 amide bonds. The summed E-state index contributed by atoms with van der Waals surface area (Å²) in [5.74, 6) is 0. The third-order valence-corrected chi connectivity index (χ3v) is 16.7. The second-order valence-corrected chi connectivity index (χ2v) is 25.9. The largest absolute Gasteiger partial charge is 0.472 e. The van der Waals surface area contributed by atoms with Crippen LogP contribution in [0.4, 0.5) is 0 Å². The van der Waals surface area contributed by atoms with Crippen molar-refractivity contribution in [3.8, 4) is 0 Å². The summed E-state index contributed by atoms with van der Waals surface area (Å²) in [5, 5.41) is 2.39. The molecule has 12 nitrogen and oxygen atoms in total. The van der Waals surface area contributed by atoms with Gasteiger partial charge in [0, 0.05) is 0 Å². The van der Waals surface area contributed by atoms with Crippen molar-refractivity contribution in [2.45, 2.75) is 316 Å². The Bertz CT molecular complexity index is 1570. The number of hydrogen-bond acceptors (Lipinski definition) is 12. The van der Waals surface area contributed by atoms with E-state index >= 15 is 0 Å². The lowest BCUT2D eigenvalue weighted by atomic mass is 10.1. The van der Waals surface area contributed by atoms with E-state index in [0.717, 1.165) is 103 Å². The topological polar surface area (TPSA) is 173 Å². The lowest BCUT2D eigenvalue weighted by molar-refractivity contribution is -0.358. The zero-order chi connectivity index (χ0) is 54.1. The average molecular weight is 1110 g/mol. The van der Waals surface area contributed by atoms with Crippen LogP contribution in [0.1, 0.15) is 310 Å². The molecule has 0 atom stereocenters. The van der Waals surface area contributed by atoms with Crippen LogP contribution >= 0.6 is 0 Å². The van der Waals surface area contributed by atoms with Crippen LogP contribution in [0, 0.1) is 0 Å². The summed E-state index contributed by atoms with van der Waals surface area (Å²) in [6.07, 6.45) is 45.2. The zero-order valence-electron chi connectivity index (χ0n) is 46.8. The van der Waals surface area contributed by atoms with E-state index in [1.807, 2.05) is 0 Å². The highest BCUT2D eigenvalue weighted by Gasteiger charge is 2.52. The van der Waals surface area contributed by atoms with Gasteiger partial charge in [0.05, 0.1) is 21.6 Å². The first-order valence-corrected chi connectivity index (χ1v) is 35.4. The van der Waals surface area contributed by atoms with Gasteiger partial charge in [0.1, 0.15) is 0 Å². The normalized spacial score (nSPS) is 14.0. The average Bonchev–Trinajstić information content (AvgIpc) is 3.32. The van der Waals surface area contributed by atoms with Crippen molar-refractivity contribution in [1.29, 1.82) is 0 Å². The Morgan fingerprint density at radius 3 is 0.521 bits per heavy atom. The molecule has 0 aliphatic carbocycles. The molecule has 0 aromatic heterocycles. The van der Waals surface area contributed by atoms with E-state index in [1.165, 1.54) is 153 Å². The lowest BCUT2D eigenvalue weighted by Gasteiger charge is -2.27. The molecule has 0 aliphatic rings. The van der Waals surface area contributed by atoms with Gasteiger partial charge in [-0.15, -0.1) is 0 Å². The summed E-state index contributed by atoms with van der Waals surface area (Å²) < 4.78 is 129. The van der Waals surface area contributed by atoms with Crippen LogP contribution in [-0.2, 0) is 57.2 Å². The fraction of sp³-hybridized carbons (Fsp3) is 0.860. The number of allylic oxidation sites excluding steroid dienone is 4. The van der Waals surface area contributed by atoms with E-state index in [0.29, 0.717) is 73.0 Å². The molecule has 73 heavy (non-hydrogen) atoms. The summed E-state index contributed by atoms with van der Waals surface area (Å²) in [6, 6.07) is 0. The van der Waals surface area contributed by atoms with Gasteiger partial charge in [0.2, 0.25) is 0 Å². The van der Waals surface area contributed by atoms with Crippen molar-refractivity contribution in [3.63, 3.8) is 0 Å². The SMILES string of the molecule is CCCCCCCCCCCCC=CS(=O)(=O)OC(OS(=O)(=O)C=CCCCCCCCCCCCC)(OS(=O)(=O)C=CCCCCCCCCCCCC)OS(=O)(=O)C=CCCCCCCCCCCCC. The first kappa shape index (κ1) is 71.6. The molecule has 0 aromatic rings. The van der Waals surface area contributed by atoms with Crippen LogP contribution in [-0.4, -0.2) is 39.8 Å². The van der Waals surface area contributed by atoms with Crippen molar-refractivity contribution in [3.05, 3.63) is 45.9 Å².